The molecule has 1 heterocycles. The Balaban J connectivity index is 1.55. The van der Waals surface area contributed by atoms with E-state index in [-0.39, 0.29) is 49.4 Å². The van der Waals surface area contributed by atoms with E-state index in [1.807, 2.05) is 0 Å². The van der Waals surface area contributed by atoms with Crippen molar-refractivity contribution in [2.24, 2.45) is 0 Å². The predicted octanol–water partition coefficient (Wildman–Crippen LogP) is 0.710. The average molecular weight is 427 g/mol. The Labute approximate surface area is 171 Å². The first-order valence-corrected chi connectivity index (χ1v) is 9.01. The van der Waals surface area contributed by atoms with E-state index in [0.29, 0.717) is 0 Å². The number of aliphatic hydroxyl groups excluding tert-OH is 1. The smallest absolute Gasteiger partial charge is 0.258 e. The quantitative estimate of drug-likeness (QED) is 0.483. The Bertz CT molecular complexity index is 812. The highest BCUT2D eigenvalue weighted by Crippen LogP contribution is 2.20. The molecule has 0 spiro atoms. The minimum atomic E-state index is -0.859. The third-order valence-electron chi connectivity index (χ3n) is 3.49. The number of benzene rings is 1. The lowest BCUT2D eigenvalue weighted by molar-refractivity contribution is -0.124. The third kappa shape index (κ3) is 8.71. The van der Waals surface area contributed by atoms with Gasteiger partial charge in [0, 0.05) is 31.4 Å². The van der Waals surface area contributed by atoms with Crippen molar-refractivity contribution in [1.82, 2.24) is 20.8 Å². The zero-order valence-corrected chi connectivity index (χ0v) is 16.1. The van der Waals surface area contributed by atoms with E-state index in [4.69, 9.17) is 21.1 Å². The Morgan fingerprint density at radius 3 is 2.66 bits per heavy atom. The first kappa shape index (κ1) is 22.3. The van der Waals surface area contributed by atoms with Crippen LogP contribution >= 0.6 is 11.6 Å². The molecular formula is C18H20ClFN4O5. The number of aromatic nitrogens is 2. The summed E-state index contributed by atoms with van der Waals surface area (Å²) >= 11 is 5.56. The molecule has 2 rings (SSSR count). The second-order valence-corrected chi connectivity index (χ2v) is 6.22. The maximum Gasteiger partial charge on any atom is 0.258 e. The van der Waals surface area contributed by atoms with Gasteiger partial charge in [0.15, 0.2) is 13.2 Å². The molecule has 0 aliphatic carbocycles. The maximum absolute atomic E-state index is 13.3. The number of carbonyl (C=O) groups is 2. The van der Waals surface area contributed by atoms with Crippen LogP contribution in [0.4, 0.5) is 4.39 Å². The van der Waals surface area contributed by atoms with Crippen LogP contribution in [0.3, 0.4) is 0 Å². The number of hydrogen-bond donors (Lipinski definition) is 3. The van der Waals surface area contributed by atoms with Crippen molar-refractivity contribution < 1.29 is 28.6 Å². The molecule has 0 fully saturated rings. The monoisotopic (exact) mass is 426 g/mol. The van der Waals surface area contributed by atoms with Gasteiger partial charge in [-0.05, 0) is 24.6 Å². The van der Waals surface area contributed by atoms with Gasteiger partial charge < -0.3 is 25.2 Å². The van der Waals surface area contributed by atoms with Gasteiger partial charge in [-0.15, -0.1) is 5.10 Å². The Morgan fingerprint density at radius 2 is 1.93 bits per heavy atom. The summed E-state index contributed by atoms with van der Waals surface area (Å²) in [6, 6.07) is 7.03. The van der Waals surface area contributed by atoms with E-state index < -0.39 is 23.7 Å². The van der Waals surface area contributed by atoms with Crippen molar-refractivity contribution in [2.45, 2.75) is 12.5 Å². The number of nitrogens with zero attached hydrogens (tertiary/aromatic N) is 2. The van der Waals surface area contributed by atoms with Crippen LogP contribution in [0.25, 0.3) is 0 Å². The number of aliphatic hydroxyl groups is 1. The number of hydrogen-bond acceptors (Lipinski definition) is 7. The Hall–Kier alpha value is -2.98. The van der Waals surface area contributed by atoms with E-state index >= 15 is 0 Å². The molecule has 0 saturated carbocycles. The molecule has 0 saturated heterocycles. The minimum absolute atomic E-state index is 0.000909. The fraction of sp³-hybridized carbons (Fsp3) is 0.333. The van der Waals surface area contributed by atoms with Crippen LogP contribution in [-0.4, -0.2) is 59.5 Å². The van der Waals surface area contributed by atoms with Crippen LogP contribution < -0.4 is 20.1 Å². The van der Waals surface area contributed by atoms with Crippen LogP contribution in [0.1, 0.15) is 6.42 Å². The molecule has 1 aromatic heterocycles. The average Bonchev–Trinajstić information content (AvgIpc) is 2.72. The largest absolute Gasteiger partial charge is 0.484 e. The second-order valence-electron chi connectivity index (χ2n) is 5.81. The summed E-state index contributed by atoms with van der Waals surface area (Å²) in [6.45, 7) is -0.401. The zero-order valence-electron chi connectivity index (χ0n) is 15.3. The van der Waals surface area contributed by atoms with Crippen LogP contribution in [0.15, 0.2) is 36.5 Å². The summed E-state index contributed by atoms with van der Waals surface area (Å²) in [5, 5.41) is 22.1. The van der Waals surface area contributed by atoms with E-state index in [1.165, 1.54) is 18.3 Å². The molecular weight excluding hydrogens is 407 g/mol. The fourth-order valence-corrected chi connectivity index (χ4v) is 2.15. The first-order chi connectivity index (χ1) is 13.9. The molecule has 0 bridgehead atoms. The topological polar surface area (TPSA) is 123 Å². The number of rotatable bonds is 11. The number of carbonyl (C=O) groups excluding carboxylic acids is 2. The SMILES string of the molecule is O=C(COc1ccc(Cl)c(F)c1)NCC[C@H](O)CNC(=O)COc1cccnn1. The van der Waals surface area contributed by atoms with Gasteiger partial charge in [0.1, 0.15) is 11.6 Å². The summed E-state index contributed by atoms with van der Waals surface area (Å²) in [6.07, 6.45) is 0.834. The highest BCUT2D eigenvalue weighted by molar-refractivity contribution is 6.30. The molecule has 0 unspecified atom stereocenters. The van der Waals surface area contributed by atoms with Crippen molar-refractivity contribution in [1.29, 1.82) is 0 Å². The molecule has 2 aromatic rings. The van der Waals surface area contributed by atoms with Crippen molar-refractivity contribution >= 4 is 23.4 Å². The van der Waals surface area contributed by atoms with Crippen molar-refractivity contribution in [2.75, 3.05) is 26.3 Å². The molecule has 2 amide bonds. The van der Waals surface area contributed by atoms with E-state index in [2.05, 4.69) is 20.8 Å². The molecule has 156 valence electrons. The maximum atomic E-state index is 13.3. The molecule has 0 radical (unpaired) electrons. The summed E-state index contributed by atoms with van der Waals surface area (Å²) in [7, 11) is 0. The molecule has 0 aliphatic heterocycles. The third-order valence-corrected chi connectivity index (χ3v) is 3.80. The van der Waals surface area contributed by atoms with E-state index in [1.54, 1.807) is 12.1 Å². The molecule has 1 atom stereocenters. The lowest BCUT2D eigenvalue weighted by Crippen LogP contribution is -2.37. The van der Waals surface area contributed by atoms with E-state index in [0.717, 1.165) is 6.07 Å². The van der Waals surface area contributed by atoms with Crippen molar-refractivity contribution in [3.8, 4) is 11.6 Å². The highest BCUT2D eigenvalue weighted by Gasteiger charge is 2.10. The van der Waals surface area contributed by atoms with Gasteiger partial charge in [0.05, 0.1) is 11.1 Å². The van der Waals surface area contributed by atoms with Crippen LogP contribution in [-0.2, 0) is 9.59 Å². The second kappa shape index (κ2) is 11.8. The molecule has 3 N–H and O–H groups in total. The number of ether oxygens (including phenoxy) is 2. The van der Waals surface area contributed by atoms with Gasteiger partial charge in [0.2, 0.25) is 5.88 Å². The van der Waals surface area contributed by atoms with Gasteiger partial charge in [-0.25, -0.2) is 4.39 Å². The standard InChI is InChI=1S/C18H20ClFN4O5/c19-14-4-3-13(8-15(14)20)28-10-16(26)21-7-5-12(25)9-22-17(27)11-29-18-2-1-6-23-24-18/h1-4,6,8,12,25H,5,7,9-11H2,(H,21,26)(H,22,27)/t12-/m0/s1. The predicted molar refractivity (Wildman–Crippen MR) is 101 cm³/mol. The Kier molecular flexibility index (Phi) is 9.06. The molecule has 29 heavy (non-hydrogen) atoms. The van der Waals surface area contributed by atoms with Gasteiger partial charge in [0.25, 0.3) is 11.8 Å². The van der Waals surface area contributed by atoms with Gasteiger partial charge in [-0.3, -0.25) is 9.59 Å². The summed E-state index contributed by atoms with van der Waals surface area (Å²) < 4.78 is 23.5. The molecule has 0 aliphatic rings. The van der Waals surface area contributed by atoms with Gasteiger partial charge in [-0.2, -0.15) is 5.10 Å². The number of amides is 2. The zero-order chi connectivity index (χ0) is 21.1. The molecule has 11 heteroatoms. The van der Waals surface area contributed by atoms with Crippen LogP contribution in [0.2, 0.25) is 5.02 Å². The molecule has 1 aromatic carbocycles. The minimum Gasteiger partial charge on any atom is -0.484 e. The fourth-order valence-electron chi connectivity index (χ4n) is 2.03. The van der Waals surface area contributed by atoms with Crippen LogP contribution in [0.5, 0.6) is 11.6 Å². The van der Waals surface area contributed by atoms with E-state index in [9.17, 15) is 19.1 Å². The van der Waals surface area contributed by atoms with Crippen LogP contribution in [0, 0.1) is 5.82 Å². The lowest BCUT2D eigenvalue weighted by atomic mass is 10.2. The number of nitrogens with one attached hydrogen (secondary N) is 2. The molecule has 9 nitrogen and oxygen atoms in total. The number of halogens is 2. The lowest BCUT2D eigenvalue weighted by Gasteiger charge is -2.13. The summed E-state index contributed by atoms with van der Waals surface area (Å²) in [4.78, 5) is 23.4. The Morgan fingerprint density at radius 1 is 1.17 bits per heavy atom. The van der Waals surface area contributed by atoms with Gasteiger partial charge in [-0.1, -0.05) is 11.6 Å². The summed E-state index contributed by atoms with van der Waals surface area (Å²) in [5.74, 6) is -1.11. The normalized spacial score (nSPS) is 11.4. The van der Waals surface area contributed by atoms with Crippen molar-refractivity contribution in [3.05, 3.63) is 47.4 Å². The highest BCUT2D eigenvalue weighted by atomic mass is 35.5. The van der Waals surface area contributed by atoms with Crippen molar-refractivity contribution in [3.63, 3.8) is 0 Å². The first-order valence-electron chi connectivity index (χ1n) is 8.64. The van der Waals surface area contributed by atoms with Gasteiger partial charge >= 0.3 is 0 Å². The summed E-state index contributed by atoms with van der Waals surface area (Å²) in [5.41, 5.74) is 0.